The molecule has 6 nitrogen and oxygen atoms in total. The van der Waals surface area contributed by atoms with Gasteiger partial charge in [0.2, 0.25) is 0 Å². The molecule has 1 aliphatic heterocycles. The van der Waals surface area contributed by atoms with E-state index in [1.54, 1.807) is 12.4 Å². The first-order valence-corrected chi connectivity index (χ1v) is 7.85. The fourth-order valence-corrected chi connectivity index (χ4v) is 4.30. The van der Waals surface area contributed by atoms with E-state index in [-0.39, 0.29) is 13.1 Å². The number of rotatable bonds is 3. The zero-order valence-corrected chi connectivity index (χ0v) is 13.0. The van der Waals surface area contributed by atoms with Crippen LogP contribution in [-0.4, -0.2) is 49.3 Å². The van der Waals surface area contributed by atoms with Crippen LogP contribution in [-0.2, 0) is 18.4 Å². The van der Waals surface area contributed by atoms with Gasteiger partial charge in [0, 0.05) is 26.3 Å². The van der Waals surface area contributed by atoms with Crippen molar-refractivity contribution in [3.05, 3.63) is 24.3 Å². The Morgan fingerprint density at radius 3 is 2.96 bits per heavy atom. The summed E-state index contributed by atoms with van der Waals surface area (Å²) in [5.41, 5.74) is -1.10. The molecule has 1 saturated heterocycles. The third kappa shape index (κ3) is 1.92. The molecular weight excluding hydrogens is 299 g/mol. The molecule has 3 heterocycles. The average Bonchev–Trinajstić information content (AvgIpc) is 3.08. The Hall–Kier alpha value is -2.02. The first-order chi connectivity index (χ1) is 11.0. The summed E-state index contributed by atoms with van der Waals surface area (Å²) in [4.78, 5) is 22.2. The lowest BCUT2D eigenvalue weighted by molar-refractivity contribution is -0.153. The maximum atomic E-state index is 15.2. The molecule has 0 spiro atoms. The Morgan fingerprint density at radius 1 is 1.43 bits per heavy atom. The third-order valence-electron chi connectivity index (χ3n) is 5.55. The average molecular weight is 318 g/mol. The minimum absolute atomic E-state index is 0.167. The Bertz CT molecular complexity index is 791. The van der Waals surface area contributed by atoms with Crippen LogP contribution in [0.4, 0.5) is 4.39 Å². The second-order valence-corrected chi connectivity index (χ2v) is 6.80. The van der Waals surface area contributed by atoms with Gasteiger partial charge in [-0.2, -0.15) is 0 Å². The number of carbonyl (C=O) groups is 1. The zero-order valence-electron chi connectivity index (χ0n) is 13.0. The highest BCUT2D eigenvalue weighted by Gasteiger charge is 2.65. The number of fused-ring (bicyclic) bond motifs is 2. The van der Waals surface area contributed by atoms with Crippen LogP contribution in [0.1, 0.15) is 25.1 Å². The first-order valence-electron chi connectivity index (χ1n) is 7.85. The Labute approximate surface area is 132 Å². The fourth-order valence-electron chi connectivity index (χ4n) is 4.30. The number of pyridine rings is 1. The maximum absolute atomic E-state index is 15.2. The summed E-state index contributed by atoms with van der Waals surface area (Å²) in [6.45, 7) is 0.868. The summed E-state index contributed by atoms with van der Waals surface area (Å²) in [5, 5.41) is 9.60. The molecule has 1 aliphatic carbocycles. The van der Waals surface area contributed by atoms with Gasteiger partial charge in [-0.05, 0) is 25.3 Å². The van der Waals surface area contributed by atoms with Gasteiger partial charge in [0.25, 0.3) is 0 Å². The predicted octanol–water partition coefficient (Wildman–Crippen LogP) is 1.75. The van der Waals surface area contributed by atoms with Crippen molar-refractivity contribution in [2.75, 3.05) is 13.1 Å². The number of imidazole rings is 1. The topological polar surface area (TPSA) is 71.2 Å². The third-order valence-corrected chi connectivity index (χ3v) is 5.55. The van der Waals surface area contributed by atoms with Crippen molar-refractivity contribution in [3.8, 4) is 0 Å². The molecular formula is C16H19FN4O2. The van der Waals surface area contributed by atoms with E-state index < -0.39 is 17.1 Å². The van der Waals surface area contributed by atoms with Crippen molar-refractivity contribution in [3.63, 3.8) is 0 Å². The number of carboxylic acids is 1. The van der Waals surface area contributed by atoms with Crippen molar-refractivity contribution in [2.45, 2.75) is 31.5 Å². The van der Waals surface area contributed by atoms with Gasteiger partial charge < -0.3 is 9.67 Å². The number of alkyl halides is 1. The predicted molar refractivity (Wildman–Crippen MR) is 81.5 cm³/mol. The van der Waals surface area contributed by atoms with E-state index in [1.807, 2.05) is 22.6 Å². The van der Waals surface area contributed by atoms with Gasteiger partial charge in [-0.15, -0.1) is 0 Å². The van der Waals surface area contributed by atoms with Gasteiger partial charge in [0.1, 0.15) is 22.4 Å². The molecule has 0 unspecified atom stereocenters. The molecule has 4 rings (SSSR count). The van der Waals surface area contributed by atoms with Crippen LogP contribution >= 0.6 is 0 Å². The van der Waals surface area contributed by atoms with E-state index in [0.29, 0.717) is 25.8 Å². The molecule has 1 N–H and O–H groups in total. The zero-order chi connectivity index (χ0) is 16.2. The summed E-state index contributed by atoms with van der Waals surface area (Å²) in [6, 6.07) is 1.89. The second-order valence-electron chi connectivity index (χ2n) is 6.80. The smallest absolute Gasteiger partial charge is 0.314 e. The van der Waals surface area contributed by atoms with Crippen LogP contribution < -0.4 is 0 Å². The van der Waals surface area contributed by atoms with Gasteiger partial charge in [-0.25, -0.2) is 9.37 Å². The normalized spacial score (nSPS) is 30.9. The van der Waals surface area contributed by atoms with Crippen LogP contribution in [0, 0.1) is 5.41 Å². The number of aliphatic carboxylic acids is 1. The molecule has 1 saturated carbocycles. The molecule has 2 atom stereocenters. The van der Waals surface area contributed by atoms with Gasteiger partial charge in [-0.3, -0.25) is 14.7 Å². The number of hydrogen-bond acceptors (Lipinski definition) is 4. The van der Waals surface area contributed by atoms with Gasteiger partial charge in [-0.1, -0.05) is 0 Å². The number of nitrogens with zero attached hydrogens (tertiary/aromatic N) is 4. The lowest BCUT2D eigenvalue weighted by Crippen LogP contribution is -2.45. The molecule has 0 bridgehead atoms. The quantitative estimate of drug-likeness (QED) is 0.933. The van der Waals surface area contributed by atoms with Crippen LogP contribution in [0.2, 0.25) is 0 Å². The van der Waals surface area contributed by atoms with E-state index in [9.17, 15) is 9.90 Å². The van der Waals surface area contributed by atoms with E-state index in [4.69, 9.17) is 0 Å². The SMILES string of the molecule is Cn1c(CN2C[C@@]3(F)CCC[C@@]3(C(=O)O)C2)nc2cnccc21. The summed E-state index contributed by atoms with van der Waals surface area (Å²) >= 11 is 0. The summed E-state index contributed by atoms with van der Waals surface area (Å²) in [5.74, 6) is -0.202. The van der Waals surface area contributed by atoms with E-state index >= 15 is 4.39 Å². The van der Waals surface area contributed by atoms with Crippen molar-refractivity contribution in [2.24, 2.45) is 12.5 Å². The number of aryl methyl sites for hydroxylation is 1. The van der Waals surface area contributed by atoms with Gasteiger partial charge in [0.15, 0.2) is 0 Å². The highest BCUT2D eigenvalue weighted by Crippen LogP contribution is 2.54. The molecule has 2 aromatic heterocycles. The molecule has 2 aliphatic rings. The molecule has 7 heteroatoms. The summed E-state index contributed by atoms with van der Waals surface area (Å²) in [6.07, 6.45) is 4.82. The number of aromatic nitrogens is 3. The van der Waals surface area contributed by atoms with E-state index in [2.05, 4.69) is 9.97 Å². The first kappa shape index (κ1) is 14.6. The highest BCUT2D eigenvalue weighted by molar-refractivity contribution is 5.78. The number of hydrogen-bond donors (Lipinski definition) is 1. The molecule has 0 amide bonds. The molecule has 23 heavy (non-hydrogen) atoms. The second kappa shape index (κ2) is 4.74. The number of halogens is 1. The monoisotopic (exact) mass is 318 g/mol. The van der Waals surface area contributed by atoms with Crippen molar-refractivity contribution in [1.82, 2.24) is 19.4 Å². The highest BCUT2D eigenvalue weighted by atomic mass is 19.1. The van der Waals surface area contributed by atoms with E-state index in [1.165, 1.54) is 0 Å². The number of carboxylic acid groups (broad SMARTS) is 1. The largest absolute Gasteiger partial charge is 0.481 e. The van der Waals surface area contributed by atoms with Crippen LogP contribution in [0.15, 0.2) is 18.5 Å². The molecule has 0 aromatic carbocycles. The van der Waals surface area contributed by atoms with Crippen LogP contribution in [0.3, 0.4) is 0 Å². The van der Waals surface area contributed by atoms with Crippen LogP contribution in [0.5, 0.6) is 0 Å². The lowest BCUT2D eigenvalue weighted by Gasteiger charge is -2.28. The van der Waals surface area contributed by atoms with Gasteiger partial charge >= 0.3 is 5.97 Å². The number of likely N-dealkylation sites (tertiary alicyclic amines) is 1. The fraction of sp³-hybridized carbons (Fsp3) is 0.562. The molecule has 122 valence electrons. The van der Waals surface area contributed by atoms with Crippen molar-refractivity contribution in [1.29, 1.82) is 0 Å². The summed E-state index contributed by atoms with van der Waals surface area (Å²) < 4.78 is 17.2. The molecule has 2 aromatic rings. The van der Waals surface area contributed by atoms with Gasteiger partial charge in [0.05, 0.1) is 18.3 Å². The standard InChI is InChI=1S/C16H19FN4O2/c1-20-12-3-6-18-7-11(12)19-13(20)8-21-9-15(14(22)23)4-2-5-16(15,17)10-21/h3,6-7H,2,4-5,8-10H2,1H3,(H,22,23)/t15-,16-/m0/s1. The molecule has 2 fully saturated rings. The van der Waals surface area contributed by atoms with Crippen molar-refractivity contribution < 1.29 is 14.3 Å². The van der Waals surface area contributed by atoms with Crippen molar-refractivity contribution >= 4 is 17.0 Å². The maximum Gasteiger partial charge on any atom is 0.314 e. The lowest BCUT2D eigenvalue weighted by atomic mass is 9.78. The minimum atomic E-state index is -1.62. The molecule has 0 radical (unpaired) electrons. The van der Waals surface area contributed by atoms with Crippen LogP contribution in [0.25, 0.3) is 11.0 Å². The summed E-state index contributed by atoms with van der Waals surface area (Å²) in [7, 11) is 1.92. The Balaban J connectivity index is 1.63. The minimum Gasteiger partial charge on any atom is -0.481 e. The van der Waals surface area contributed by atoms with E-state index in [0.717, 1.165) is 16.9 Å². The Morgan fingerprint density at radius 2 is 2.26 bits per heavy atom. The Kier molecular flexibility index (Phi) is 3.00.